The molecule has 1 aliphatic rings. The Morgan fingerprint density at radius 2 is 1.95 bits per heavy atom. The van der Waals surface area contributed by atoms with Crippen molar-refractivity contribution < 1.29 is 19.5 Å². The normalized spacial score (nSPS) is 18.6. The molecule has 0 radical (unpaired) electrons. The van der Waals surface area contributed by atoms with Crippen molar-refractivity contribution in [1.82, 2.24) is 16.0 Å². The van der Waals surface area contributed by atoms with Gasteiger partial charge in [0, 0.05) is 6.04 Å². The van der Waals surface area contributed by atoms with Gasteiger partial charge in [-0.05, 0) is 33.1 Å². The van der Waals surface area contributed by atoms with E-state index in [9.17, 15) is 14.4 Å². The summed E-state index contributed by atoms with van der Waals surface area (Å²) in [6.07, 6.45) is 2.88. The van der Waals surface area contributed by atoms with Crippen LogP contribution in [0, 0.1) is 0 Å². The number of nitrogens with one attached hydrogen (secondary N) is 3. The number of urea groups is 1. The van der Waals surface area contributed by atoms with Crippen LogP contribution in [0.5, 0.6) is 0 Å². The second kappa shape index (κ2) is 6.58. The first-order valence-corrected chi connectivity index (χ1v) is 6.91. The Morgan fingerprint density at radius 3 is 2.40 bits per heavy atom. The minimum absolute atomic E-state index is 0.221. The van der Waals surface area contributed by atoms with Crippen LogP contribution in [0.4, 0.5) is 4.79 Å². The van der Waals surface area contributed by atoms with Crippen LogP contribution in [-0.4, -0.2) is 40.6 Å². The molecule has 0 aromatic carbocycles. The number of hydrogen-bond donors (Lipinski definition) is 4. The van der Waals surface area contributed by atoms with Crippen LogP contribution >= 0.6 is 0 Å². The number of carbonyl (C=O) groups excluding carboxylic acids is 2. The number of carbonyl (C=O) groups is 3. The molecule has 3 amide bonds. The zero-order chi connectivity index (χ0) is 15.3. The van der Waals surface area contributed by atoms with E-state index in [1.165, 1.54) is 6.92 Å². The van der Waals surface area contributed by atoms with Gasteiger partial charge in [-0.2, -0.15) is 0 Å². The van der Waals surface area contributed by atoms with Gasteiger partial charge in [0.15, 0.2) is 0 Å². The molecular formula is C13H23N3O4. The van der Waals surface area contributed by atoms with Crippen molar-refractivity contribution in [3.63, 3.8) is 0 Å². The molecule has 0 aliphatic heterocycles. The largest absolute Gasteiger partial charge is 0.480 e. The second-order valence-corrected chi connectivity index (χ2v) is 5.49. The fourth-order valence-corrected chi connectivity index (χ4v) is 1.83. The van der Waals surface area contributed by atoms with Crippen molar-refractivity contribution in [3.05, 3.63) is 0 Å². The summed E-state index contributed by atoms with van der Waals surface area (Å²) in [7, 11) is 0. The molecule has 7 nitrogen and oxygen atoms in total. The molecule has 2 unspecified atom stereocenters. The molecule has 2 atom stereocenters. The summed E-state index contributed by atoms with van der Waals surface area (Å²) >= 11 is 0. The predicted molar refractivity (Wildman–Crippen MR) is 73.2 cm³/mol. The second-order valence-electron chi connectivity index (χ2n) is 5.49. The smallest absolute Gasteiger partial charge is 0.329 e. The average molecular weight is 285 g/mol. The van der Waals surface area contributed by atoms with Gasteiger partial charge in [0.05, 0.1) is 0 Å². The number of aliphatic carboxylic acids is 1. The maximum atomic E-state index is 11.8. The first-order chi connectivity index (χ1) is 9.28. The maximum Gasteiger partial charge on any atom is 0.329 e. The Balaban J connectivity index is 2.47. The third kappa shape index (κ3) is 4.71. The zero-order valence-corrected chi connectivity index (χ0v) is 12.2. The molecule has 0 saturated heterocycles. The van der Waals surface area contributed by atoms with E-state index >= 15 is 0 Å². The fraction of sp³-hybridized carbons (Fsp3) is 0.769. The summed E-state index contributed by atoms with van der Waals surface area (Å²) in [6, 6.07) is -1.13. The summed E-state index contributed by atoms with van der Waals surface area (Å²) in [5, 5.41) is 16.8. The van der Waals surface area contributed by atoms with Crippen molar-refractivity contribution in [2.75, 3.05) is 0 Å². The van der Waals surface area contributed by atoms with Crippen molar-refractivity contribution in [1.29, 1.82) is 0 Å². The molecule has 0 aromatic heterocycles. The molecule has 7 heteroatoms. The molecule has 0 heterocycles. The minimum Gasteiger partial charge on any atom is -0.480 e. The average Bonchev–Trinajstić information content (AvgIpc) is 3.12. The van der Waals surface area contributed by atoms with Crippen molar-refractivity contribution in [3.8, 4) is 0 Å². The minimum atomic E-state index is -1.33. The SMILES string of the molecule is CCCC(C)(NC(=O)NC(C)C(=O)NC1CC1)C(=O)O. The van der Waals surface area contributed by atoms with Crippen LogP contribution in [0.2, 0.25) is 0 Å². The lowest BCUT2D eigenvalue weighted by Crippen LogP contribution is -2.58. The number of carboxylic acids is 1. The quantitative estimate of drug-likeness (QED) is 0.549. The van der Waals surface area contributed by atoms with Crippen LogP contribution in [0.1, 0.15) is 46.5 Å². The molecule has 114 valence electrons. The molecular weight excluding hydrogens is 262 g/mol. The van der Waals surface area contributed by atoms with E-state index < -0.39 is 23.6 Å². The third-order valence-electron chi connectivity index (χ3n) is 3.28. The lowest BCUT2D eigenvalue weighted by Gasteiger charge is -2.26. The van der Waals surface area contributed by atoms with E-state index in [-0.39, 0.29) is 11.9 Å². The summed E-state index contributed by atoms with van der Waals surface area (Å²) in [5.41, 5.74) is -1.33. The summed E-state index contributed by atoms with van der Waals surface area (Å²) in [4.78, 5) is 34.7. The van der Waals surface area contributed by atoms with E-state index in [4.69, 9.17) is 5.11 Å². The first-order valence-electron chi connectivity index (χ1n) is 6.91. The Hall–Kier alpha value is -1.79. The maximum absolute atomic E-state index is 11.8. The lowest BCUT2D eigenvalue weighted by molar-refractivity contribution is -0.144. The van der Waals surface area contributed by atoms with E-state index in [1.54, 1.807) is 6.92 Å². The van der Waals surface area contributed by atoms with Crippen molar-refractivity contribution in [2.24, 2.45) is 0 Å². The molecule has 20 heavy (non-hydrogen) atoms. The van der Waals surface area contributed by atoms with Gasteiger partial charge in [-0.25, -0.2) is 9.59 Å². The third-order valence-corrected chi connectivity index (χ3v) is 3.28. The van der Waals surface area contributed by atoms with Crippen LogP contribution in [0.3, 0.4) is 0 Å². The Labute approximate surface area is 118 Å². The summed E-state index contributed by atoms with van der Waals surface area (Å²) in [5.74, 6) is -1.35. The standard InChI is InChI=1S/C13H23N3O4/c1-4-7-13(3,11(18)19)16-12(20)14-8(2)10(17)15-9-5-6-9/h8-9H,4-7H2,1-3H3,(H,15,17)(H,18,19)(H2,14,16,20). The Morgan fingerprint density at radius 1 is 1.35 bits per heavy atom. The first kappa shape index (κ1) is 16.3. The Kier molecular flexibility index (Phi) is 5.35. The van der Waals surface area contributed by atoms with Gasteiger partial charge in [0.2, 0.25) is 5.91 Å². The lowest BCUT2D eigenvalue weighted by atomic mass is 9.96. The summed E-state index contributed by atoms with van der Waals surface area (Å²) in [6.45, 7) is 4.86. The topological polar surface area (TPSA) is 108 Å². The van der Waals surface area contributed by atoms with Gasteiger partial charge in [-0.3, -0.25) is 4.79 Å². The van der Waals surface area contributed by atoms with E-state index in [0.29, 0.717) is 12.8 Å². The highest BCUT2D eigenvalue weighted by Crippen LogP contribution is 2.18. The number of rotatable bonds is 7. The molecule has 1 aliphatic carbocycles. The number of carboxylic acid groups (broad SMARTS) is 1. The highest BCUT2D eigenvalue weighted by atomic mass is 16.4. The predicted octanol–water partition coefficient (Wildman–Crippen LogP) is 0.596. The van der Waals surface area contributed by atoms with Crippen LogP contribution < -0.4 is 16.0 Å². The van der Waals surface area contributed by atoms with E-state index in [1.807, 2.05) is 6.92 Å². The van der Waals surface area contributed by atoms with E-state index in [2.05, 4.69) is 16.0 Å². The van der Waals surface area contributed by atoms with Crippen molar-refractivity contribution >= 4 is 17.9 Å². The van der Waals surface area contributed by atoms with Crippen LogP contribution in [0.25, 0.3) is 0 Å². The van der Waals surface area contributed by atoms with Gasteiger partial charge >= 0.3 is 12.0 Å². The molecule has 4 N–H and O–H groups in total. The molecule has 0 bridgehead atoms. The monoisotopic (exact) mass is 285 g/mol. The van der Waals surface area contributed by atoms with Crippen LogP contribution in [0.15, 0.2) is 0 Å². The zero-order valence-electron chi connectivity index (χ0n) is 12.2. The molecule has 0 spiro atoms. The highest BCUT2D eigenvalue weighted by molar-refractivity contribution is 5.90. The van der Waals surface area contributed by atoms with Gasteiger partial charge in [0.25, 0.3) is 0 Å². The highest BCUT2D eigenvalue weighted by Gasteiger charge is 2.34. The number of hydrogen-bond acceptors (Lipinski definition) is 3. The molecule has 0 aromatic rings. The summed E-state index contributed by atoms with van der Waals surface area (Å²) < 4.78 is 0. The molecule has 1 saturated carbocycles. The van der Waals surface area contributed by atoms with Crippen molar-refractivity contribution in [2.45, 2.75) is 64.1 Å². The number of amides is 3. The van der Waals surface area contributed by atoms with Gasteiger partial charge < -0.3 is 21.1 Å². The fourth-order valence-electron chi connectivity index (χ4n) is 1.83. The Bertz CT molecular complexity index is 395. The molecule has 1 fully saturated rings. The van der Waals surface area contributed by atoms with Gasteiger partial charge in [-0.15, -0.1) is 0 Å². The van der Waals surface area contributed by atoms with E-state index in [0.717, 1.165) is 12.8 Å². The van der Waals surface area contributed by atoms with Gasteiger partial charge in [0.1, 0.15) is 11.6 Å². The van der Waals surface area contributed by atoms with Gasteiger partial charge in [-0.1, -0.05) is 13.3 Å². The van der Waals surface area contributed by atoms with Crippen LogP contribution in [-0.2, 0) is 9.59 Å². The molecule has 1 rings (SSSR count).